The molecule has 0 aliphatic carbocycles. The molecule has 3 aromatic rings. The average Bonchev–Trinajstić information content (AvgIpc) is 2.56. The normalized spacial score (nSPS) is 10.5. The summed E-state index contributed by atoms with van der Waals surface area (Å²) in [5, 5.41) is 3.81. The highest BCUT2D eigenvalue weighted by Gasteiger charge is 2.11. The largest absolute Gasteiger partial charge is 0.321 e. The fourth-order valence-electron chi connectivity index (χ4n) is 2.17. The highest BCUT2D eigenvalue weighted by Crippen LogP contribution is 2.26. The van der Waals surface area contributed by atoms with E-state index < -0.39 is 0 Å². The SMILES string of the molecule is Cc1ccc(NC(=O)c2cc(-c3cc(Cl)cc(Cl)c3)ncn2)cc1. The molecule has 1 amide bonds. The van der Waals surface area contributed by atoms with Crippen LogP contribution >= 0.6 is 23.2 Å². The molecule has 0 spiro atoms. The molecule has 0 unspecified atom stereocenters. The van der Waals surface area contributed by atoms with Gasteiger partial charge in [0.1, 0.15) is 12.0 Å². The zero-order valence-corrected chi connectivity index (χ0v) is 14.3. The summed E-state index contributed by atoms with van der Waals surface area (Å²) in [6.45, 7) is 1.98. The molecule has 0 aliphatic heterocycles. The van der Waals surface area contributed by atoms with Crippen molar-refractivity contribution in [1.29, 1.82) is 0 Å². The van der Waals surface area contributed by atoms with E-state index in [-0.39, 0.29) is 11.6 Å². The lowest BCUT2D eigenvalue weighted by molar-refractivity contribution is 0.102. The highest BCUT2D eigenvalue weighted by molar-refractivity contribution is 6.35. The third-order valence-corrected chi connectivity index (χ3v) is 3.80. The molecular formula is C18H13Cl2N3O. The molecule has 3 rings (SSSR count). The van der Waals surface area contributed by atoms with Crippen molar-refractivity contribution in [3.63, 3.8) is 0 Å². The third kappa shape index (κ3) is 3.91. The first-order valence-corrected chi connectivity index (χ1v) is 7.93. The lowest BCUT2D eigenvalue weighted by atomic mass is 10.1. The van der Waals surface area contributed by atoms with Gasteiger partial charge in [-0.2, -0.15) is 0 Å². The summed E-state index contributed by atoms with van der Waals surface area (Å²) in [5.74, 6) is -0.310. The number of aryl methyl sites for hydroxylation is 1. The van der Waals surface area contributed by atoms with Crippen LogP contribution in [0.2, 0.25) is 10.0 Å². The minimum atomic E-state index is -0.310. The number of carbonyl (C=O) groups excluding carboxylic acids is 1. The topological polar surface area (TPSA) is 54.9 Å². The Morgan fingerprint density at radius 1 is 0.958 bits per heavy atom. The predicted octanol–water partition coefficient (Wildman–Crippen LogP) is 5.01. The summed E-state index contributed by atoms with van der Waals surface area (Å²) in [6, 6.07) is 14.2. The number of benzene rings is 2. The van der Waals surface area contributed by atoms with Crippen molar-refractivity contribution in [3.05, 3.63) is 76.2 Å². The molecule has 0 bridgehead atoms. The zero-order valence-electron chi connectivity index (χ0n) is 12.8. The fourth-order valence-corrected chi connectivity index (χ4v) is 2.70. The van der Waals surface area contributed by atoms with Gasteiger partial charge in [-0.25, -0.2) is 9.97 Å². The van der Waals surface area contributed by atoms with Crippen molar-refractivity contribution >= 4 is 34.8 Å². The number of carbonyl (C=O) groups is 1. The third-order valence-electron chi connectivity index (χ3n) is 3.37. The van der Waals surface area contributed by atoms with Gasteiger partial charge in [-0.15, -0.1) is 0 Å². The van der Waals surface area contributed by atoms with Crippen molar-refractivity contribution in [2.24, 2.45) is 0 Å². The number of halogens is 2. The molecule has 0 atom stereocenters. The number of aromatic nitrogens is 2. The van der Waals surface area contributed by atoms with E-state index in [2.05, 4.69) is 15.3 Å². The Bertz CT molecular complexity index is 875. The van der Waals surface area contributed by atoms with Gasteiger partial charge >= 0.3 is 0 Å². The fraction of sp³-hybridized carbons (Fsp3) is 0.0556. The number of rotatable bonds is 3. The van der Waals surface area contributed by atoms with E-state index in [1.807, 2.05) is 31.2 Å². The molecule has 2 aromatic carbocycles. The van der Waals surface area contributed by atoms with Gasteiger partial charge < -0.3 is 5.32 Å². The Hall–Kier alpha value is -2.43. The van der Waals surface area contributed by atoms with Gasteiger partial charge in [0.15, 0.2) is 0 Å². The van der Waals surface area contributed by atoms with Crippen LogP contribution in [0.25, 0.3) is 11.3 Å². The second-order valence-corrected chi connectivity index (χ2v) is 6.14. The van der Waals surface area contributed by atoms with Gasteiger partial charge in [0, 0.05) is 21.3 Å². The second kappa shape index (κ2) is 6.99. The Morgan fingerprint density at radius 2 is 1.62 bits per heavy atom. The molecule has 1 aromatic heterocycles. The summed E-state index contributed by atoms with van der Waals surface area (Å²) < 4.78 is 0. The van der Waals surface area contributed by atoms with E-state index in [1.165, 1.54) is 6.33 Å². The summed E-state index contributed by atoms with van der Waals surface area (Å²) >= 11 is 12.0. The number of hydrogen-bond acceptors (Lipinski definition) is 3. The van der Waals surface area contributed by atoms with Crippen molar-refractivity contribution < 1.29 is 4.79 Å². The second-order valence-electron chi connectivity index (χ2n) is 5.27. The van der Waals surface area contributed by atoms with Gasteiger partial charge in [0.25, 0.3) is 5.91 Å². The summed E-state index contributed by atoms with van der Waals surface area (Å²) in [5.41, 5.74) is 3.38. The van der Waals surface area contributed by atoms with E-state index in [4.69, 9.17) is 23.2 Å². The maximum atomic E-state index is 12.4. The molecule has 0 saturated heterocycles. The Balaban J connectivity index is 1.86. The first kappa shape index (κ1) is 16.4. The number of anilines is 1. The maximum absolute atomic E-state index is 12.4. The molecule has 0 radical (unpaired) electrons. The van der Waals surface area contributed by atoms with E-state index in [9.17, 15) is 4.79 Å². The Kier molecular flexibility index (Phi) is 4.79. The van der Waals surface area contributed by atoms with E-state index in [0.717, 1.165) is 11.1 Å². The Morgan fingerprint density at radius 3 is 2.29 bits per heavy atom. The van der Waals surface area contributed by atoms with Crippen molar-refractivity contribution in [2.75, 3.05) is 5.32 Å². The minimum absolute atomic E-state index is 0.261. The first-order chi connectivity index (χ1) is 11.5. The van der Waals surface area contributed by atoms with Crippen molar-refractivity contribution in [2.45, 2.75) is 6.92 Å². The molecule has 4 nitrogen and oxygen atoms in total. The highest BCUT2D eigenvalue weighted by atomic mass is 35.5. The van der Waals surface area contributed by atoms with Crippen LogP contribution in [0.15, 0.2) is 54.9 Å². The van der Waals surface area contributed by atoms with Gasteiger partial charge in [0.05, 0.1) is 5.69 Å². The van der Waals surface area contributed by atoms with Gasteiger partial charge in [0.2, 0.25) is 0 Å². The average molecular weight is 358 g/mol. The van der Waals surface area contributed by atoms with Crippen LogP contribution in [0.4, 0.5) is 5.69 Å². The lowest BCUT2D eigenvalue weighted by Gasteiger charge is -2.07. The number of amides is 1. The van der Waals surface area contributed by atoms with Crippen LogP contribution < -0.4 is 5.32 Å². The molecular weight excluding hydrogens is 345 g/mol. The van der Waals surface area contributed by atoms with Gasteiger partial charge in [-0.1, -0.05) is 40.9 Å². The lowest BCUT2D eigenvalue weighted by Crippen LogP contribution is -2.14. The summed E-state index contributed by atoms with van der Waals surface area (Å²) in [6.07, 6.45) is 1.34. The first-order valence-electron chi connectivity index (χ1n) is 7.18. The van der Waals surface area contributed by atoms with Crippen molar-refractivity contribution in [3.8, 4) is 11.3 Å². The summed E-state index contributed by atoms with van der Waals surface area (Å²) in [7, 11) is 0. The van der Waals surface area contributed by atoms with E-state index in [0.29, 0.717) is 21.4 Å². The van der Waals surface area contributed by atoms with Crippen LogP contribution in [0, 0.1) is 6.92 Å². The molecule has 1 N–H and O–H groups in total. The molecule has 0 aliphatic rings. The number of nitrogens with one attached hydrogen (secondary N) is 1. The molecule has 0 saturated carbocycles. The summed E-state index contributed by atoms with van der Waals surface area (Å²) in [4.78, 5) is 20.6. The van der Waals surface area contributed by atoms with Crippen LogP contribution in [-0.4, -0.2) is 15.9 Å². The van der Waals surface area contributed by atoms with Crippen LogP contribution in [0.5, 0.6) is 0 Å². The standard InChI is InChI=1S/C18H13Cl2N3O/c1-11-2-4-15(5-3-11)23-18(24)17-9-16(21-10-22-17)12-6-13(19)8-14(20)7-12/h2-10H,1H3,(H,23,24). The number of nitrogens with zero attached hydrogens (tertiary/aromatic N) is 2. The predicted molar refractivity (Wildman–Crippen MR) is 96.6 cm³/mol. The van der Waals surface area contributed by atoms with Crippen molar-refractivity contribution in [1.82, 2.24) is 9.97 Å². The monoisotopic (exact) mass is 357 g/mol. The van der Waals surface area contributed by atoms with E-state index >= 15 is 0 Å². The van der Waals surface area contributed by atoms with Crippen LogP contribution in [0.1, 0.15) is 16.1 Å². The van der Waals surface area contributed by atoms with Gasteiger partial charge in [-0.3, -0.25) is 4.79 Å². The maximum Gasteiger partial charge on any atom is 0.274 e. The Labute approximate surface area is 149 Å². The molecule has 6 heteroatoms. The molecule has 24 heavy (non-hydrogen) atoms. The molecule has 1 heterocycles. The molecule has 0 fully saturated rings. The van der Waals surface area contributed by atoms with Crippen LogP contribution in [0.3, 0.4) is 0 Å². The van der Waals surface area contributed by atoms with Crippen LogP contribution in [-0.2, 0) is 0 Å². The number of hydrogen-bond donors (Lipinski definition) is 1. The quantitative estimate of drug-likeness (QED) is 0.716. The zero-order chi connectivity index (χ0) is 17.1. The van der Waals surface area contributed by atoms with Gasteiger partial charge in [-0.05, 0) is 43.3 Å². The minimum Gasteiger partial charge on any atom is -0.321 e. The van der Waals surface area contributed by atoms with E-state index in [1.54, 1.807) is 24.3 Å². The molecule has 120 valence electrons. The smallest absolute Gasteiger partial charge is 0.274 e.